The van der Waals surface area contributed by atoms with Gasteiger partial charge in [0.1, 0.15) is 0 Å². The number of benzene rings is 1. The number of carbonyl (C=O) groups excluding carboxylic acids is 1. The molecule has 3 N–H and O–H groups in total. The molecule has 1 aromatic rings. The Balaban J connectivity index is 2.97. The monoisotopic (exact) mass is 253 g/mol. The van der Waals surface area contributed by atoms with Crippen LogP contribution in [0, 0.1) is 10.1 Å². The second kappa shape index (κ2) is 5.85. The molecule has 0 aromatic heterocycles. The fraction of sp³-hybridized carbons (Fsp3) is 0.364. The van der Waals surface area contributed by atoms with E-state index in [-0.39, 0.29) is 24.1 Å². The predicted octanol–water partition coefficient (Wildman–Crippen LogP) is 1.28. The zero-order chi connectivity index (χ0) is 13.7. The van der Waals surface area contributed by atoms with Crippen molar-refractivity contribution in [3.8, 4) is 5.75 Å². The third-order valence-electron chi connectivity index (χ3n) is 1.99. The van der Waals surface area contributed by atoms with Gasteiger partial charge in [-0.05, 0) is 19.9 Å². The molecule has 18 heavy (non-hydrogen) atoms. The molecule has 0 aliphatic heterocycles. The highest BCUT2D eigenvalue weighted by Gasteiger charge is 2.16. The molecule has 0 aliphatic carbocycles. The van der Waals surface area contributed by atoms with Crippen LogP contribution in [-0.2, 0) is 4.79 Å². The minimum absolute atomic E-state index is 0.0427. The number of hydrogen-bond donors (Lipinski definition) is 2. The van der Waals surface area contributed by atoms with Gasteiger partial charge in [0, 0.05) is 17.8 Å². The van der Waals surface area contributed by atoms with Crippen LogP contribution in [0.5, 0.6) is 5.75 Å². The number of nitrogens with zero attached hydrogens (tertiary/aromatic N) is 1. The van der Waals surface area contributed by atoms with Gasteiger partial charge in [-0.25, -0.2) is 0 Å². The second-order valence-electron chi connectivity index (χ2n) is 3.93. The Morgan fingerprint density at radius 1 is 1.56 bits per heavy atom. The molecule has 0 fully saturated rings. The Hall–Kier alpha value is -2.31. The van der Waals surface area contributed by atoms with Gasteiger partial charge in [-0.1, -0.05) is 0 Å². The summed E-state index contributed by atoms with van der Waals surface area (Å²) in [7, 11) is 0. The van der Waals surface area contributed by atoms with Crippen molar-refractivity contribution in [2.75, 3.05) is 11.9 Å². The summed E-state index contributed by atoms with van der Waals surface area (Å²) in [5.74, 6) is -0.357. The molecule has 7 heteroatoms. The van der Waals surface area contributed by atoms with Crippen molar-refractivity contribution in [2.24, 2.45) is 5.73 Å². The fourth-order valence-electron chi connectivity index (χ4n) is 1.31. The number of anilines is 1. The molecule has 0 saturated heterocycles. The topological polar surface area (TPSA) is 107 Å². The number of nitro benzene ring substituents is 1. The first-order valence-electron chi connectivity index (χ1n) is 5.37. The standard InChI is InChI=1S/C11H15N3O4/c1-7(2)18-10-5-8(13-6-11(12)15)3-4-9(10)14(16)17/h3-5,7,13H,6H2,1-2H3,(H2,12,15). The fourth-order valence-corrected chi connectivity index (χ4v) is 1.31. The number of nitrogens with two attached hydrogens (primary N) is 1. The average molecular weight is 253 g/mol. The smallest absolute Gasteiger partial charge is 0.311 e. The summed E-state index contributed by atoms with van der Waals surface area (Å²) in [5.41, 5.74) is 5.42. The molecule has 1 amide bonds. The molecule has 0 saturated carbocycles. The van der Waals surface area contributed by atoms with Crippen molar-refractivity contribution in [1.29, 1.82) is 0 Å². The molecular formula is C11H15N3O4. The van der Waals surface area contributed by atoms with Crippen molar-refractivity contribution in [1.82, 2.24) is 0 Å². The summed E-state index contributed by atoms with van der Waals surface area (Å²) in [6.45, 7) is 3.50. The Bertz CT molecular complexity index is 460. The summed E-state index contributed by atoms with van der Waals surface area (Å²) >= 11 is 0. The normalized spacial score (nSPS) is 10.2. The molecule has 1 rings (SSSR count). The van der Waals surface area contributed by atoms with Crippen LogP contribution in [0.4, 0.5) is 11.4 Å². The van der Waals surface area contributed by atoms with E-state index >= 15 is 0 Å². The lowest BCUT2D eigenvalue weighted by Gasteiger charge is -2.11. The van der Waals surface area contributed by atoms with E-state index in [0.717, 1.165) is 0 Å². The highest BCUT2D eigenvalue weighted by Crippen LogP contribution is 2.30. The molecule has 0 bridgehead atoms. The van der Waals surface area contributed by atoms with Gasteiger partial charge < -0.3 is 15.8 Å². The summed E-state index contributed by atoms with van der Waals surface area (Å²) in [4.78, 5) is 20.9. The van der Waals surface area contributed by atoms with Crippen LogP contribution >= 0.6 is 0 Å². The van der Waals surface area contributed by atoms with Crippen molar-refractivity contribution in [2.45, 2.75) is 20.0 Å². The quantitative estimate of drug-likeness (QED) is 0.586. The van der Waals surface area contributed by atoms with Gasteiger partial charge in [0.2, 0.25) is 5.91 Å². The van der Waals surface area contributed by atoms with E-state index in [1.54, 1.807) is 13.8 Å². The Kier molecular flexibility index (Phi) is 4.47. The van der Waals surface area contributed by atoms with Crippen LogP contribution in [0.15, 0.2) is 18.2 Å². The van der Waals surface area contributed by atoms with E-state index in [1.165, 1.54) is 18.2 Å². The molecule has 1 aromatic carbocycles. The first kappa shape index (κ1) is 13.8. The van der Waals surface area contributed by atoms with E-state index in [2.05, 4.69) is 5.32 Å². The Morgan fingerprint density at radius 2 is 2.22 bits per heavy atom. The SMILES string of the molecule is CC(C)Oc1cc(NCC(N)=O)ccc1[N+](=O)[O-]. The number of ether oxygens (including phenoxy) is 1. The molecular weight excluding hydrogens is 238 g/mol. The molecule has 0 unspecified atom stereocenters. The number of amides is 1. The van der Waals surface area contributed by atoms with Gasteiger partial charge in [-0.3, -0.25) is 14.9 Å². The van der Waals surface area contributed by atoms with E-state index in [4.69, 9.17) is 10.5 Å². The summed E-state index contributed by atoms with van der Waals surface area (Å²) in [6, 6.07) is 4.29. The zero-order valence-corrected chi connectivity index (χ0v) is 10.2. The van der Waals surface area contributed by atoms with Gasteiger partial charge >= 0.3 is 5.69 Å². The average Bonchev–Trinajstić information content (AvgIpc) is 2.25. The Labute approximate surface area is 104 Å². The first-order chi connectivity index (χ1) is 8.40. The van der Waals surface area contributed by atoms with Gasteiger partial charge in [0.05, 0.1) is 17.6 Å². The summed E-state index contributed by atoms with van der Waals surface area (Å²) in [6.07, 6.45) is -0.185. The first-order valence-corrected chi connectivity index (χ1v) is 5.37. The van der Waals surface area contributed by atoms with Crippen molar-refractivity contribution < 1.29 is 14.5 Å². The van der Waals surface area contributed by atoms with Crippen LogP contribution in [0.25, 0.3) is 0 Å². The minimum Gasteiger partial charge on any atom is -0.484 e. The highest BCUT2D eigenvalue weighted by atomic mass is 16.6. The highest BCUT2D eigenvalue weighted by molar-refractivity contribution is 5.79. The van der Waals surface area contributed by atoms with Crippen molar-refractivity contribution in [3.05, 3.63) is 28.3 Å². The van der Waals surface area contributed by atoms with E-state index in [0.29, 0.717) is 5.69 Å². The zero-order valence-electron chi connectivity index (χ0n) is 10.2. The number of nitro groups is 1. The molecule has 0 radical (unpaired) electrons. The van der Waals surface area contributed by atoms with Gasteiger partial charge in [0.25, 0.3) is 0 Å². The lowest BCUT2D eigenvalue weighted by Crippen LogP contribution is -2.21. The second-order valence-corrected chi connectivity index (χ2v) is 3.93. The van der Waals surface area contributed by atoms with Crippen LogP contribution in [0.2, 0.25) is 0 Å². The molecule has 0 spiro atoms. The molecule has 7 nitrogen and oxygen atoms in total. The van der Waals surface area contributed by atoms with Crippen LogP contribution in [-0.4, -0.2) is 23.5 Å². The molecule has 0 atom stereocenters. The summed E-state index contributed by atoms with van der Waals surface area (Å²) in [5, 5.41) is 13.6. The van der Waals surface area contributed by atoms with Crippen LogP contribution < -0.4 is 15.8 Å². The summed E-state index contributed by atoms with van der Waals surface area (Å²) < 4.78 is 5.36. The molecule has 98 valence electrons. The Morgan fingerprint density at radius 3 is 2.72 bits per heavy atom. The number of rotatable bonds is 6. The number of hydrogen-bond acceptors (Lipinski definition) is 5. The van der Waals surface area contributed by atoms with Crippen molar-refractivity contribution >= 4 is 17.3 Å². The van der Waals surface area contributed by atoms with Crippen LogP contribution in [0.1, 0.15) is 13.8 Å². The van der Waals surface area contributed by atoms with Gasteiger partial charge in [-0.15, -0.1) is 0 Å². The van der Waals surface area contributed by atoms with E-state index < -0.39 is 10.8 Å². The predicted molar refractivity (Wildman–Crippen MR) is 66.5 cm³/mol. The van der Waals surface area contributed by atoms with E-state index in [9.17, 15) is 14.9 Å². The lowest BCUT2D eigenvalue weighted by molar-refractivity contribution is -0.386. The maximum Gasteiger partial charge on any atom is 0.311 e. The maximum atomic E-state index is 10.8. The third-order valence-corrected chi connectivity index (χ3v) is 1.99. The minimum atomic E-state index is -0.518. The number of carbonyl (C=O) groups is 1. The molecule has 0 aliphatic rings. The third kappa shape index (κ3) is 3.93. The lowest BCUT2D eigenvalue weighted by atomic mass is 10.2. The van der Waals surface area contributed by atoms with Crippen molar-refractivity contribution in [3.63, 3.8) is 0 Å². The van der Waals surface area contributed by atoms with Gasteiger partial charge in [-0.2, -0.15) is 0 Å². The molecule has 0 heterocycles. The largest absolute Gasteiger partial charge is 0.484 e. The maximum absolute atomic E-state index is 10.8. The number of nitrogens with one attached hydrogen (secondary N) is 1. The van der Waals surface area contributed by atoms with Crippen LogP contribution in [0.3, 0.4) is 0 Å². The van der Waals surface area contributed by atoms with E-state index in [1.807, 2.05) is 0 Å². The van der Waals surface area contributed by atoms with Gasteiger partial charge in [0.15, 0.2) is 5.75 Å². The number of primary amides is 1.